The quantitative estimate of drug-likeness (QED) is 0.234. The number of amides is 2. The average molecular weight is 643 g/mol. The van der Waals surface area contributed by atoms with Crippen molar-refractivity contribution >= 4 is 28.8 Å². The van der Waals surface area contributed by atoms with Crippen LogP contribution in [-0.4, -0.2) is 62.0 Å². The Hall–Kier alpha value is -3.23. The molecule has 3 fully saturated rings. The number of rotatable bonds is 11. The molecule has 7 nitrogen and oxygen atoms in total. The van der Waals surface area contributed by atoms with Crippen LogP contribution < -0.4 is 15.0 Å². The highest BCUT2D eigenvalue weighted by Gasteiger charge is 2.33. The maximum atomic E-state index is 14.4. The number of carbonyl (C=O) groups excluding carboxylic acids is 2. The molecule has 0 aliphatic heterocycles. The van der Waals surface area contributed by atoms with Crippen molar-refractivity contribution in [2.45, 2.75) is 89.0 Å². The van der Waals surface area contributed by atoms with Gasteiger partial charge in [-0.2, -0.15) is 0 Å². The Kier molecular flexibility index (Phi) is 10.4. The number of nitrogens with one attached hydrogen (secondary N) is 1. The third-order valence-electron chi connectivity index (χ3n) is 10.2. The van der Waals surface area contributed by atoms with Crippen LogP contribution in [0, 0.1) is 18.8 Å². The first-order valence-corrected chi connectivity index (χ1v) is 18.0. The zero-order chi connectivity index (χ0) is 32.2. The zero-order valence-electron chi connectivity index (χ0n) is 28.0. The van der Waals surface area contributed by atoms with Gasteiger partial charge < -0.3 is 19.9 Å². The minimum absolute atomic E-state index is 0.0193. The molecule has 0 bridgehead atoms. The van der Waals surface area contributed by atoms with E-state index in [1.54, 1.807) is 18.4 Å². The Bertz CT molecular complexity index is 1500. The predicted molar refractivity (Wildman–Crippen MR) is 187 cm³/mol. The SMILES string of the molecule is COc1ccc(C2CCC(CN(C(=O)C3CCC(NC(=O)CN(C)C)CC3)c3cccc(-c4cnc(C5CC5)s4)c3)CC2)cc1C. The number of thiazole rings is 1. The van der Waals surface area contributed by atoms with Crippen molar-refractivity contribution in [1.82, 2.24) is 15.2 Å². The number of hydrogen-bond donors (Lipinski definition) is 1. The minimum atomic E-state index is -0.0193. The van der Waals surface area contributed by atoms with Gasteiger partial charge in [0, 0.05) is 36.3 Å². The molecule has 2 amide bonds. The van der Waals surface area contributed by atoms with Gasteiger partial charge >= 0.3 is 0 Å². The van der Waals surface area contributed by atoms with Gasteiger partial charge in [0.15, 0.2) is 0 Å². The smallest absolute Gasteiger partial charge is 0.234 e. The van der Waals surface area contributed by atoms with E-state index in [0.717, 1.165) is 74.9 Å². The average Bonchev–Trinajstić information content (AvgIpc) is 3.79. The van der Waals surface area contributed by atoms with E-state index < -0.39 is 0 Å². The number of aryl methyl sites for hydroxylation is 1. The monoisotopic (exact) mass is 642 g/mol. The van der Waals surface area contributed by atoms with Gasteiger partial charge in [0.2, 0.25) is 11.8 Å². The molecule has 3 aliphatic rings. The molecule has 0 atom stereocenters. The number of ether oxygens (including phenoxy) is 1. The summed E-state index contributed by atoms with van der Waals surface area (Å²) >= 11 is 1.80. The van der Waals surface area contributed by atoms with Crippen LogP contribution in [0.25, 0.3) is 10.4 Å². The van der Waals surface area contributed by atoms with Crippen LogP contribution in [0.5, 0.6) is 5.75 Å². The molecule has 246 valence electrons. The molecule has 8 heteroatoms. The van der Waals surface area contributed by atoms with Crippen molar-refractivity contribution in [3.8, 4) is 16.2 Å². The lowest BCUT2D eigenvalue weighted by Gasteiger charge is -2.36. The summed E-state index contributed by atoms with van der Waals surface area (Å²) in [7, 11) is 5.55. The number of methoxy groups -OCH3 is 1. The number of aromatic nitrogens is 1. The molecule has 3 saturated carbocycles. The first-order valence-electron chi connectivity index (χ1n) is 17.2. The van der Waals surface area contributed by atoms with Gasteiger partial charge in [-0.25, -0.2) is 4.98 Å². The molecular weight excluding hydrogens is 593 g/mol. The van der Waals surface area contributed by atoms with Crippen LogP contribution in [0.3, 0.4) is 0 Å². The molecule has 3 aromatic rings. The lowest BCUT2D eigenvalue weighted by molar-refractivity contribution is -0.124. The number of benzene rings is 2. The second-order valence-electron chi connectivity index (χ2n) is 14.1. The van der Waals surface area contributed by atoms with E-state index in [2.05, 4.69) is 59.6 Å². The Morgan fingerprint density at radius 3 is 2.35 bits per heavy atom. The fraction of sp³-hybridized carbons (Fsp3) is 0.553. The number of nitrogens with zero attached hydrogens (tertiary/aromatic N) is 3. The summed E-state index contributed by atoms with van der Waals surface area (Å²) in [5, 5.41) is 4.43. The highest BCUT2D eigenvalue weighted by atomic mass is 32.1. The Balaban J connectivity index is 1.16. The molecule has 46 heavy (non-hydrogen) atoms. The van der Waals surface area contributed by atoms with E-state index in [0.29, 0.717) is 24.3 Å². The lowest BCUT2D eigenvalue weighted by Crippen LogP contribution is -2.45. The number of hydrogen-bond acceptors (Lipinski definition) is 6. The fourth-order valence-electron chi connectivity index (χ4n) is 7.45. The molecule has 6 rings (SSSR count). The second-order valence-corrected chi connectivity index (χ2v) is 15.2. The van der Waals surface area contributed by atoms with E-state index in [4.69, 9.17) is 9.72 Å². The van der Waals surface area contributed by atoms with Crippen LogP contribution in [-0.2, 0) is 9.59 Å². The summed E-state index contributed by atoms with van der Waals surface area (Å²) in [6.45, 7) is 3.27. The lowest BCUT2D eigenvalue weighted by atomic mass is 9.78. The number of likely N-dealkylation sites (N-methyl/N-ethyl adjacent to an activating group) is 1. The van der Waals surface area contributed by atoms with Crippen molar-refractivity contribution in [2.24, 2.45) is 11.8 Å². The maximum absolute atomic E-state index is 14.4. The summed E-state index contributed by atoms with van der Waals surface area (Å²) in [5.41, 5.74) is 4.74. The molecule has 1 heterocycles. The van der Waals surface area contributed by atoms with E-state index in [-0.39, 0.29) is 23.8 Å². The minimum Gasteiger partial charge on any atom is -0.496 e. The summed E-state index contributed by atoms with van der Waals surface area (Å²) in [6, 6.07) is 15.3. The number of anilines is 1. The van der Waals surface area contributed by atoms with Crippen molar-refractivity contribution in [2.75, 3.05) is 39.2 Å². The van der Waals surface area contributed by atoms with Crippen molar-refractivity contribution in [1.29, 1.82) is 0 Å². The Morgan fingerprint density at radius 1 is 0.935 bits per heavy atom. The Morgan fingerprint density at radius 2 is 1.67 bits per heavy atom. The van der Waals surface area contributed by atoms with E-state index in [9.17, 15) is 9.59 Å². The van der Waals surface area contributed by atoms with Gasteiger partial charge in [0.05, 0.1) is 23.5 Å². The highest BCUT2D eigenvalue weighted by Crippen LogP contribution is 2.44. The van der Waals surface area contributed by atoms with Crippen molar-refractivity contribution in [3.05, 3.63) is 64.8 Å². The van der Waals surface area contributed by atoms with Crippen LogP contribution in [0.15, 0.2) is 48.7 Å². The molecular formula is C38H50N4O3S. The van der Waals surface area contributed by atoms with Gasteiger partial charge in [-0.05, 0) is 132 Å². The van der Waals surface area contributed by atoms with E-state index >= 15 is 0 Å². The van der Waals surface area contributed by atoms with Gasteiger partial charge in [-0.1, -0.05) is 24.3 Å². The summed E-state index contributed by atoms with van der Waals surface area (Å²) in [5.74, 6) is 2.89. The number of carbonyl (C=O) groups is 2. The molecule has 0 unspecified atom stereocenters. The molecule has 1 aromatic heterocycles. The normalized spacial score (nSPS) is 23.2. The molecule has 1 N–H and O–H groups in total. The highest BCUT2D eigenvalue weighted by molar-refractivity contribution is 7.15. The van der Waals surface area contributed by atoms with E-state index in [1.807, 2.05) is 25.2 Å². The topological polar surface area (TPSA) is 74.8 Å². The predicted octanol–water partition coefficient (Wildman–Crippen LogP) is 7.55. The standard InChI is InChI=1S/C38H50N4O3S/c1-25-20-30(16-19-34(25)45-4)27-10-8-26(9-11-27)23-42(38(44)29-14-17-32(18-15-29)40-36(43)24-41(2)3)33-7-5-6-31(21-33)35-22-39-37(46-35)28-12-13-28/h5-7,16,19-22,26-29,32H,8-15,17-18,23-24H2,1-4H3,(H,40,43). The first kappa shape index (κ1) is 32.7. The first-order chi connectivity index (χ1) is 22.3. The molecule has 0 saturated heterocycles. The second kappa shape index (κ2) is 14.7. The van der Waals surface area contributed by atoms with E-state index in [1.165, 1.54) is 33.9 Å². The van der Waals surface area contributed by atoms with Gasteiger partial charge in [-0.15, -0.1) is 11.3 Å². The van der Waals surface area contributed by atoms with Gasteiger partial charge in [0.25, 0.3) is 0 Å². The third kappa shape index (κ3) is 8.00. The van der Waals surface area contributed by atoms with Crippen molar-refractivity contribution in [3.63, 3.8) is 0 Å². The van der Waals surface area contributed by atoms with Crippen LogP contribution in [0.2, 0.25) is 0 Å². The Labute approximate surface area is 278 Å². The van der Waals surface area contributed by atoms with Crippen LogP contribution >= 0.6 is 11.3 Å². The fourth-order valence-corrected chi connectivity index (χ4v) is 8.53. The molecule has 0 spiro atoms. The van der Waals surface area contributed by atoms with Crippen molar-refractivity contribution < 1.29 is 14.3 Å². The third-order valence-corrected chi connectivity index (χ3v) is 11.4. The molecule has 3 aliphatic carbocycles. The molecule has 2 aromatic carbocycles. The summed E-state index contributed by atoms with van der Waals surface area (Å²) in [6.07, 6.45) is 12.3. The van der Waals surface area contributed by atoms with Crippen LogP contribution in [0.4, 0.5) is 5.69 Å². The largest absolute Gasteiger partial charge is 0.496 e. The van der Waals surface area contributed by atoms with Crippen LogP contribution in [0.1, 0.15) is 92.2 Å². The maximum Gasteiger partial charge on any atom is 0.234 e. The summed E-state index contributed by atoms with van der Waals surface area (Å²) < 4.78 is 5.49. The summed E-state index contributed by atoms with van der Waals surface area (Å²) in [4.78, 5) is 36.7. The van der Waals surface area contributed by atoms with Gasteiger partial charge in [0.1, 0.15) is 5.75 Å². The molecule has 0 radical (unpaired) electrons. The zero-order valence-corrected chi connectivity index (χ0v) is 28.8. The van der Waals surface area contributed by atoms with Gasteiger partial charge in [-0.3, -0.25) is 9.59 Å².